The second-order valence-corrected chi connectivity index (χ2v) is 5.34. The first-order chi connectivity index (χ1) is 8.69. The van der Waals surface area contributed by atoms with Gasteiger partial charge >= 0.3 is 0 Å². The molecule has 0 aromatic heterocycles. The molecule has 1 saturated heterocycles. The van der Waals surface area contributed by atoms with Crippen molar-refractivity contribution in [2.45, 2.75) is 52.1 Å². The maximum absolute atomic E-state index is 11.3. The molecule has 0 saturated carbocycles. The molecular weight excluding hydrogens is 222 g/mol. The Morgan fingerprint density at radius 3 is 2.56 bits per heavy atom. The Hall–Kier alpha value is -1.15. The number of hydrogen-bond donors (Lipinski definition) is 0. The molecule has 2 rings (SSSR count). The predicted molar refractivity (Wildman–Crippen MR) is 74.6 cm³/mol. The minimum atomic E-state index is 0.313. The van der Waals surface area contributed by atoms with Crippen molar-refractivity contribution >= 4 is 5.78 Å². The summed E-state index contributed by atoms with van der Waals surface area (Å²) in [4.78, 5) is 13.7. The number of Topliss-reactive ketones (excluding diaryl/α,β-unsaturated/α-hetero) is 1. The van der Waals surface area contributed by atoms with E-state index in [9.17, 15) is 4.79 Å². The summed E-state index contributed by atoms with van der Waals surface area (Å²) in [5.41, 5.74) is 2.75. The smallest absolute Gasteiger partial charge is 0.131 e. The highest BCUT2D eigenvalue weighted by atomic mass is 16.1. The third kappa shape index (κ3) is 3.42. The van der Waals surface area contributed by atoms with Crippen LogP contribution in [0.15, 0.2) is 24.3 Å². The summed E-state index contributed by atoms with van der Waals surface area (Å²) in [7, 11) is 0. The Balaban J connectivity index is 1.96. The maximum atomic E-state index is 11.3. The Labute approximate surface area is 110 Å². The molecule has 0 radical (unpaired) electrons. The fourth-order valence-electron chi connectivity index (χ4n) is 2.78. The molecule has 2 heteroatoms. The van der Waals surface area contributed by atoms with Gasteiger partial charge < -0.3 is 0 Å². The van der Waals surface area contributed by atoms with Crippen molar-refractivity contribution in [2.24, 2.45) is 0 Å². The standard InChI is InChI=1S/C16H23NO/c1-3-14-6-8-15(9-7-14)12-17-10-4-5-16(17)11-13(2)18/h6-9,16H,3-5,10-12H2,1-2H3. The van der Waals surface area contributed by atoms with E-state index in [4.69, 9.17) is 0 Å². The molecule has 0 bridgehead atoms. The zero-order chi connectivity index (χ0) is 13.0. The van der Waals surface area contributed by atoms with Crippen molar-refractivity contribution in [1.82, 2.24) is 4.90 Å². The summed E-state index contributed by atoms with van der Waals surface area (Å²) in [5, 5.41) is 0. The van der Waals surface area contributed by atoms with E-state index in [1.54, 1.807) is 6.92 Å². The van der Waals surface area contributed by atoms with Crippen molar-refractivity contribution in [2.75, 3.05) is 6.54 Å². The van der Waals surface area contributed by atoms with Crippen LogP contribution in [0.3, 0.4) is 0 Å². The van der Waals surface area contributed by atoms with E-state index in [0.717, 1.165) is 19.5 Å². The summed E-state index contributed by atoms with van der Waals surface area (Å²) in [6, 6.07) is 9.34. The Morgan fingerprint density at radius 2 is 1.94 bits per heavy atom. The van der Waals surface area contributed by atoms with Gasteiger partial charge in [-0.25, -0.2) is 0 Å². The molecule has 0 amide bonds. The molecule has 1 aromatic rings. The lowest BCUT2D eigenvalue weighted by molar-refractivity contribution is -0.118. The van der Waals surface area contributed by atoms with E-state index >= 15 is 0 Å². The first-order valence-corrected chi connectivity index (χ1v) is 7.00. The lowest BCUT2D eigenvalue weighted by Crippen LogP contribution is -2.30. The third-order valence-electron chi connectivity index (χ3n) is 3.84. The van der Waals surface area contributed by atoms with Gasteiger partial charge in [0.15, 0.2) is 0 Å². The number of carbonyl (C=O) groups excluding carboxylic acids is 1. The lowest BCUT2D eigenvalue weighted by Gasteiger charge is -2.23. The first-order valence-electron chi connectivity index (χ1n) is 7.00. The molecular formula is C16H23NO. The number of carbonyl (C=O) groups is 1. The Morgan fingerprint density at radius 1 is 1.28 bits per heavy atom. The van der Waals surface area contributed by atoms with E-state index in [2.05, 4.69) is 36.1 Å². The first kappa shape index (κ1) is 13.3. The fraction of sp³-hybridized carbons (Fsp3) is 0.562. The molecule has 1 aromatic carbocycles. The maximum Gasteiger partial charge on any atom is 0.131 e. The summed E-state index contributed by atoms with van der Waals surface area (Å²) in [6.07, 6.45) is 4.21. The quantitative estimate of drug-likeness (QED) is 0.794. The zero-order valence-corrected chi connectivity index (χ0v) is 11.5. The largest absolute Gasteiger partial charge is 0.300 e. The number of nitrogens with zero attached hydrogens (tertiary/aromatic N) is 1. The van der Waals surface area contributed by atoms with Crippen molar-refractivity contribution in [1.29, 1.82) is 0 Å². The molecule has 0 aliphatic carbocycles. The van der Waals surface area contributed by atoms with Crippen molar-refractivity contribution in [3.63, 3.8) is 0 Å². The van der Waals surface area contributed by atoms with Crippen molar-refractivity contribution in [3.8, 4) is 0 Å². The van der Waals surface area contributed by atoms with E-state index in [0.29, 0.717) is 18.2 Å². The average Bonchev–Trinajstić information content (AvgIpc) is 2.77. The SMILES string of the molecule is CCc1ccc(CN2CCCC2CC(C)=O)cc1. The number of likely N-dealkylation sites (tertiary alicyclic amines) is 1. The van der Waals surface area contributed by atoms with Gasteiger partial charge in [0.1, 0.15) is 5.78 Å². The summed E-state index contributed by atoms with van der Waals surface area (Å²) in [5.74, 6) is 0.313. The van der Waals surface area contributed by atoms with Crippen LogP contribution < -0.4 is 0 Å². The highest BCUT2D eigenvalue weighted by molar-refractivity contribution is 5.76. The number of rotatable bonds is 5. The number of benzene rings is 1. The second kappa shape index (κ2) is 6.14. The predicted octanol–water partition coefficient (Wildman–Crippen LogP) is 3.19. The Kier molecular flexibility index (Phi) is 4.54. The van der Waals surface area contributed by atoms with Gasteiger partial charge in [-0.15, -0.1) is 0 Å². The zero-order valence-electron chi connectivity index (χ0n) is 11.5. The van der Waals surface area contributed by atoms with Crippen LogP contribution >= 0.6 is 0 Å². The van der Waals surface area contributed by atoms with E-state index in [1.807, 2.05) is 0 Å². The normalized spacial score (nSPS) is 20.2. The van der Waals surface area contributed by atoms with Crippen LogP contribution in [-0.4, -0.2) is 23.3 Å². The van der Waals surface area contributed by atoms with E-state index < -0.39 is 0 Å². The van der Waals surface area contributed by atoms with Gasteiger partial charge in [0.25, 0.3) is 0 Å². The fourth-order valence-corrected chi connectivity index (χ4v) is 2.78. The summed E-state index contributed by atoms with van der Waals surface area (Å²) >= 11 is 0. The molecule has 18 heavy (non-hydrogen) atoms. The van der Waals surface area contributed by atoms with Crippen LogP contribution in [0.5, 0.6) is 0 Å². The van der Waals surface area contributed by atoms with Crippen LogP contribution in [0.4, 0.5) is 0 Å². The number of aryl methyl sites for hydroxylation is 1. The topological polar surface area (TPSA) is 20.3 Å². The monoisotopic (exact) mass is 245 g/mol. The summed E-state index contributed by atoms with van der Waals surface area (Å²) < 4.78 is 0. The van der Waals surface area contributed by atoms with Crippen LogP contribution in [-0.2, 0) is 17.8 Å². The van der Waals surface area contributed by atoms with Crippen LogP contribution in [0.2, 0.25) is 0 Å². The van der Waals surface area contributed by atoms with E-state index in [1.165, 1.54) is 24.0 Å². The lowest BCUT2D eigenvalue weighted by atomic mass is 10.1. The van der Waals surface area contributed by atoms with Crippen molar-refractivity contribution < 1.29 is 4.79 Å². The minimum Gasteiger partial charge on any atom is -0.300 e. The second-order valence-electron chi connectivity index (χ2n) is 5.34. The molecule has 1 heterocycles. The molecule has 98 valence electrons. The van der Waals surface area contributed by atoms with Crippen LogP contribution in [0.25, 0.3) is 0 Å². The highest BCUT2D eigenvalue weighted by Crippen LogP contribution is 2.22. The van der Waals surface area contributed by atoms with Crippen LogP contribution in [0.1, 0.15) is 44.2 Å². The van der Waals surface area contributed by atoms with Gasteiger partial charge in [-0.1, -0.05) is 31.2 Å². The number of hydrogen-bond acceptors (Lipinski definition) is 2. The van der Waals surface area contributed by atoms with Crippen molar-refractivity contribution in [3.05, 3.63) is 35.4 Å². The number of ketones is 1. The van der Waals surface area contributed by atoms with Gasteiger partial charge in [-0.3, -0.25) is 9.69 Å². The van der Waals surface area contributed by atoms with Gasteiger partial charge in [-0.05, 0) is 43.9 Å². The molecule has 0 N–H and O–H groups in total. The molecule has 0 spiro atoms. The summed E-state index contributed by atoms with van der Waals surface area (Å²) in [6.45, 7) is 6.00. The Bertz CT molecular complexity index is 396. The van der Waals surface area contributed by atoms with Gasteiger partial charge in [0.2, 0.25) is 0 Å². The molecule has 1 unspecified atom stereocenters. The highest BCUT2D eigenvalue weighted by Gasteiger charge is 2.25. The minimum absolute atomic E-state index is 0.313. The average molecular weight is 245 g/mol. The van der Waals surface area contributed by atoms with Crippen LogP contribution in [0, 0.1) is 0 Å². The van der Waals surface area contributed by atoms with E-state index in [-0.39, 0.29) is 0 Å². The van der Waals surface area contributed by atoms with Gasteiger partial charge in [-0.2, -0.15) is 0 Å². The van der Waals surface area contributed by atoms with Gasteiger partial charge in [0.05, 0.1) is 0 Å². The molecule has 1 atom stereocenters. The molecule has 1 fully saturated rings. The molecule has 1 aliphatic heterocycles. The molecule has 1 aliphatic rings. The van der Waals surface area contributed by atoms with Gasteiger partial charge in [0, 0.05) is 19.0 Å². The molecule has 2 nitrogen and oxygen atoms in total. The third-order valence-corrected chi connectivity index (χ3v) is 3.84.